The standard InChI is InChI=1S/C13H28O.C12H22/c1-2-3-4-5-6-7-8-9-10-11-12-13-14;1-3-5-7-9-11-12-10-8-6-4-2/h14H,2-13H2,1H3;3,5,7H,1,4,6,8-12H2,2H3/b;7-5+. The molecule has 1 heteroatoms. The second-order valence-electron chi connectivity index (χ2n) is 7.48. The molecule has 0 rings (SSSR count). The fraction of sp³-hybridized carbons (Fsp3) is 0.840. The van der Waals surface area contributed by atoms with Gasteiger partial charge in [0.25, 0.3) is 0 Å². The first-order valence-electron chi connectivity index (χ1n) is 11.7. The lowest BCUT2D eigenvalue weighted by Crippen LogP contribution is -1.84. The van der Waals surface area contributed by atoms with Crippen LogP contribution in [-0.4, -0.2) is 11.7 Å². The van der Waals surface area contributed by atoms with Gasteiger partial charge in [-0.2, -0.15) is 0 Å². The zero-order valence-electron chi connectivity index (χ0n) is 18.3. The third-order valence-corrected chi connectivity index (χ3v) is 4.76. The second-order valence-corrected chi connectivity index (χ2v) is 7.48. The maximum Gasteiger partial charge on any atom is 0.0431 e. The van der Waals surface area contributed by atoms with E-state index in [0.29, 0.717) is 6.61 Å². The van der Waals surface area contributed by atoms with E-state index < -0.39 is 0 Å². The summed E-state index contributed by atoms with van der Waals surface area (Å²) in [5.74, 6) is 0. The van der Waals surface area contributed by atoms with E-state index >= 15 is 0 Å². The topological polar surface area (TPSA) is 20.2 Å². The minimum Gasteiger partial charge on any atom is -0.396 e. The zero-order chi connectivity index (χ0) is 19.6. The van der Waals surface area contributed by atoms with E-state index in [1.165, 1.54) is 109 Å². The first-order valence-corrected chi connectivity index (χ1v) is 11.7. The van der Waals surface area contributed by atoms with Gasteiger partial charge in [0.1, 0.15) is 0 Å². The minimum absolute atomic E-state index is 0.372. The average molecular weight is 367 g/mol. The highest BCUT2D eigenvalue weighted by Gasteiger charge is 1.92. The van der Waals surface area contributed by atoms with Crippen LogP contribution >= 0.6 is 0 Å². The normalized spacial score (nSPS) is 10.7. The molecule has 0 saturated heterocycles. The van der Waals surface area contributed by atoms with Crippen LogP contribution in [0.4, 0.5) is 0 Å². The second kappa shape index (κ2) is 29.2. The summed E-state index contributed by atoms with van der Waals surface area (Å²) < 4.78 is 0. The number of aliphatic hydroxyl groups is 1. The van der Waals surface area contributed by atoms with Gasteiger partial charge in [-0.15, -0.1) is 0 Å². The molecule has 0 atom stereocenters. The first-order chi connectivity index (χ1) is 12.8. The van der Waals surface area contributed by atoms with Gasteiger partial charge in [0.2, 0.25) is 0 Å². The van der Waals surface area contributed by atoms with Crippen LogP contribution in [0.2, 0.25) is 0 Å². The summed E-state index contributed by atoms with van der Waals surface area (Å²) in [4.78, 5) is 0. The lowest BCUT2D eigenvalue weighted by Gasteiger charge is -2.01. The van der Waals surface area contributed by atoms with Gasteiger partial charge in [0.05, 0.1) is 0 Å². The Balaban J connectivity index is 0. The van der Waals surface area contributed by atoms with Crippen molar-refractivity contribution >= 4 is 0 Å². The van der Waals surface area contributed by atoms with Gasteiger partial charge in [0, 0.05) is 6.61 Å². The van der Waals surface area contributed by atoms with E-state index in [1.54, 1.807) is 0 Å². The molecule has 0 aromatic heterocycles. The summed E-state index contributed by atoms with van der Waals surface area (Å²) >= 11 is 0. The molecule has 0 aromatic carbocycles. The van der Waals surface area contributed by atoms with Gasteiger partial charge in [-0.1, -0.05) is 135 Å². The molecule has 26 heavy (non-hydrogen) atoms. The van der Waals surface area contributed by atoms with Crippen molar-refractivity contribution in [1.29, 1.82) is 0 Å². The Kier molecular flexibility index (Phi) is 31.1. The molecule has 0 amide bonds. The van der Waals surface area contributed by atoms with E-state index in [9.17, 15) is 0 Å². The monoisotopic (exact) mass is 366 g/mol. The molecule has 0 aromatic rings. The highest BCUT2D eigenvalue weighted by atomic mass is 16.2. The van der Waals surface area contributed by atoms with Crippen LogP contribution in [0.1, 0.15) is 129 Å². The minimum atomic E-state index is 0.372. The van der Waals surface area contributed by atoms with Crippen molar-refractivity contribution in [2.24, 2.45) is 0 Å². The molecule has 0 aliphatic rings. The number of allylic oxidation sites excluding steroid dienone is 3. The van der Waals surface area contributed by atoms with E-state index in [1.807, 2.05) is 12.2 Å². The zero-order valence-corrected chi connectivity index (χ0v) is 18.3. The molecule has 0 saturated carbocycles. The lowest BCUT2D eigenvalue weighted by atomic mass is 10.1. The Hall–Kier alpha value is -0.560. The first kappa shape index (κ1) is 27.7. The summed E-state index contributed by atoms with van der Waals surface area (Å²) in [5, 5.41) is 8.59. The predicted octanol–water partition coefficient (Wildman–Crippen LogP) is 8.77. The van der Waals surface area contributed by atoms with Crippen molar-refractivity contribution in [3.63, 3.8) is 0 Å². The fourth-order valence-corrected chi connectivity index (χ4v) is 3.01. The maximum absolute atomic E-state index is 8.59. The maximum atomic E-state index is 8.59. The van der Waals surface area contributed by atoms with Gasteiger partial charge in [0.15, 0.2) is 0 Å². The van der Waals surface area contributed by atoms with Crippen molar-refractivity contribution in [2.75, 3.05) is 6.61 Å². The summed E-state index contributed by atoms with van der Waals surface area (Å²) in [6.07, 6.45) is 30.4. The molecule has 0 aliphatic carbocycles. The molecule has 0 heterocycles. The van der Waals surface area contributed by atoms with Crippen LogP contribution in [0.15, 0.2) is 24.8 Å². The highest BCUT2D eigenvalue weighted by molar-refractivity contribution is 4.96. The van der Waals surface area contributed by atoms with Gasteiger partial charge in [-0.05, 0) is 19.3 Å². The smallest absolute Gasteiger partial charge is 0.0431 e. The van der Waals surface area contributed by atoms with Crippen LogP contribution in [0.3, 0.4) is 0 Å². The average Bonchev–Trinajstić information content (AvgIpc) is 2.66. The number of rotatable bonds is 19. The Bertz CT molecular complexity index is 245. The Morgan fingerprint density at radius 3 is 1.35 bits per heavy atom. The number of hydrogen-bond donors (Lipinski definition) is 1. The third-order valence-electron chi connectivity index (χ3n) is 4.76. The third kappa shape index (κ3) is 31.2. The van der Waals surface area contributed by atoms with Gasteiger partial charge in [-0.25, -0.2) is 0 Å². The SMILES string of the molecule is C=C/C=C/CCCCCCCC.CCCCCCCCCCCCCO. The molecular formula is C25H50O. The quantitative estimate of drug-likeness (QED) is 0.179. The Morgan fingerprint density at radius 1 is 0.577 bits per heavy atom. The Morgan fingerprint density at radius 2 is 0.962 bits per heavy atom. The van der Waals surface area contributed by atoms with Crippen molar-refractivity contribution in [2.45, 2.75) is 129 Å². The number of aliphatic hydroxyl groups excluding tert-OH is 1. The van der Waals surface area contributed by atoms with Gasteiger partial charge in [-0.3, -0.25) is 0 Å². The van der Waals surface area contributed by atoms with Crippen LogP contribution in [0.25, 0.3) is 0 Å². The van der Waals surface area contributed by atoms with E-state index in [4.69, 9.17) is 5.11 Å². The highest BCUT2D eigenvalue weighted by Crippen LogP contribution is 2.11. The largest absolute Gasteiger partial charge is 0.396 e. The molecule has 1 N–H and O–H groups in total. The molecule has 0 fully saturated rings. The van der Waals surface area contributed by atoms with Crippen molar-refractivity contribution in [3.05, 3.63) is 24.8 Å². The summed E-state index contributed by atoms with van der Waals surface area (Å²) in [6, 6.07) is 0. The molecular weight excluding hydrogens is 316 g/mol. The van der Waals surface area contributed by atoms with E-state index in [0.717, 1.165) is 6.42 Å². The summed E-state index contributed by atoms with van der Waals surface area (Å²) in [7, 11) is 0. The van der Waals surface area contributed by atoms with Crippen LogP contribution in [0, 0.1) is 0 Å². The molecule has 1 nitrogen and oxygen atoms in total. The molecule has 0 aliphatic heterocycles. The number of unbranched alkanes of at least 4 members (excludes halogenated alkanes) is 16. The lowest BCUT2D eigenvalue weighted by molar-refractivity contribution is 0.282. The van der Waals surface area contributed by atoms with Crippen LogP contribution in [-0.2, 0) is 0 Å². The van der Waals surface area contributed by atoms with Crippen LogP contribution in [0.5, 0.6) is 0 Å². The molecule has 0 bridgehead atoms. The molecule has 0 unspecified atom stereocenters. The summed E-state index contributed by atoms with van der Waals surface area (Å²) in [6.45, 7) is 8.53. The van der Waals surface area contributed by atoms with E-state index in [-0.39, 0.29) is 0 Å². The Labute approximate surface area is 166 Å². The molecule has 156 valence electrons. The molecule has 0 spiro atoms. The van der Waals surface area contributed by atoms with Gasteiger partial charge >= 0.3 is 0 Å². The predicted molar refractivity (Wildman–Crippen MR) is 121 cm³/mol. The van der Waals surface area contributed by atoms with Crippen molar-refractivity contribution in [1.82, 2.24) is 0 Å². The van der Waals surface area contributed by atoms with Crippen molar-refractivity contribution < 1.29 is 5.11 Å². The van der Waals surface area contributed by atoms with E-state index in [2.05, 4.69) is 26.5 Å². The van der Waals surface area contributed by atoms with Crippen LogP contribution < -0.4 is 0 Å². The number of hydrogen-bond acceptors (Lipinski definition) is 1. The summed E-state index contributed by atoms with van der Waals surface area (Å²) in [5.41, 5.74) is 0. The van der Waals surface area contributed by atoms with Gasteiger partial charge < -0.3 is 5.11 Å². The van der Waals surface area contributed by atoms with Crippen molar-refractivity contribution in [3.8, 4) is 0 Å². The molecule has 0 radical (unpaired) electrons. The fourth-order valence-electron chi connectivity index (χ4n) is 3.01.